The van der Waals surface area contributed by atoms with E-state index in [1.165, 1.54) is 30.3 Å². The lowest BCUT2D eigenvalue weighted by Gasteiger charge is -2.09. The van der Waals surface area contributed by atoms with Gasteiger partial charge in [-0.05, 0) is 24.3 Å². The molecule has 0 heterocycles. The first-order valence-electron chi connectivity index (χ1n) is 6.61. The third-order valence-electron chi connectivity index (χ3n) is 2.97. The van der Waals surface area contributed by atoms with Crippen LogP contribution in [0, 0.1) is 15.9 Å². The van der Waals surface area contributed by atoms with Crippen LogP contribution in [0.3, 0.4) is 0 Å². The van der Waals surface area contributed by atoms with Gasteiger partial charge in [0.25, 0.3) is 11.6 Å². The van der Waals surface area contributed by atoms with E-state index in [2.05, 4.69) is 15.4 Å². The maximum absolute atomic E-state index is 13.6. The van der Waals surface area contributed by atoms with E-state index in [4.69, 9.17) is 0 Å². The first-order valence-corrected chi connectivity index (χ1v) is 6.61. The minimum atomic E-state index is -0.865. The molecular weight excluding hydrogens is 321 g/mol. The van der Waals surface area contributed by atoms with Gasteiger partial charge in [-0.1, -0.05) is 6.07 Å². The summed E-state index contributed by atoms with van der Waals surface area (Å²) in [6.45, 7) is 0. The van der Waals surface area contributed by atoms with Gasteiger partial charge in [0.05, 0.1) is 17.7 Å². The Kier molecular flexibility index (Phi) is 5.05. The largest absolute Gasteiger partial charge is 0.453 e. The Labute approximate surface area is 135 Å². The first kappa shape index (κ1) is 16.9. The Morgan fingerprint density at radius 3 is 2.58 bits per heavy atom. The quantitative estimate of drug-likeness (QED) is 0.659. The molecule has 2 amide bonds. The van der Waals surface area contributed by atoms with Crippen LogP contribution in [0.15, 0.2) is 42.5 Å². The summed E-state index contributed by atoms with van der Waals surface area (Å²) in [5, 5.41) is 15.4. The van der Waals surface area contributed by atoms with Crippen LogP contribution in [0.2, 0.25) is 0 Å². The van der Waals surface area contributed by atoms with Gasteiger partial charge >= 0.3 is 6.09 Å². The molecule has 0 aliphatic rings. The van der Waals surface area contributed by atoms with Crippen molar-refractivity contribution >= 4 is 29.1 Å². The Morgan fingerprint density at radius 1 is 1.17 bits per heavy atom. The molecule has 2 aromatic carbocycles. The number of ether oxygens (including phenoxy) is 1. The fourth-order valence-electron chi connectivity index (χ4n) is 1.82. The van der Waals surface area contributed by atoms with E-state index in [9.17, 15) is 24.1 Å². The van der Waals surface area contributed by atoms with Crippen molar-refractivity contribution in [2.75, 3.05) is 17.7 Å². The van der Waals surface area contributed by atoms with Crippen LogP contribution in [0.25, 0.3) is 0 Å². The number of nitrogens with one attached hydrogen (secondary N) is 2. The number of benzene rings is 2. The molecule has 2 N–H and O–H groups in total. The van der Waals surface area contributed by atoms with Crippen molar-refractivity contribution in [2.45, 2.75) is 0 Å². The molecule has 0 aromatic heterocycles. The molecule has 0 fully saturated rings. The van der Waals surface area contributed by atoms with Gasteiger partial charge in [0.2, 0.25) is 0 Å². The third kappa shape index (κ3) is 4.03. The van der Waals surface area contributed by atoms with E-state index in [1.54, 1.807) is 0 Å². The molecule has 0 aliphatic heterocycles. The molecule has 0 atom stereocenters. The summed E-state index contributed by atoms with van der Waals surface area (Å²) in [5.74, 6) is -1.33. The Hall–Kier alpha value is -3.49. The highest BCUT2D eigenvalue weighted by molar-refractivity contribution is 6.05. The number of nitro groups is 1. The van der Waals surface area contributed by atoms with Gasteiger partial charge in [-0.25, -0.2) is 9.18 Å². The second-order valence-electron chi connectivity index (χ2n) is 4.57. The number of carbonyl (C=O) groups is 2. The summed E-state index contributed by atoms with van der Waals surface area (Å²) in [4.78, 5) is 33.4. The first-order chi connectivity index (χ1) is 11.4. The number of methoxy groups -OCH3 is 1. The summed E-state index contributed by atoms with van der Waals surface area (Å²) in [6, 6.07) is 8.68. The lowest BCUT2D eigenvalue weighted by molar-refractivity contribution is -0.384. The van der Waals surface area contributed by atoms with Crippen LogP contribution < -0.4 is 10.6 Å². The number of nitro benzene ring substituents is 1. The second-order valence-corrected chi connectivity index (χ2v) is 4.57. The van der Waals surface area contributed by atoms with Crippen LogP contribution >= 0.6 is 0 Å². The predicted molar refractivity (Wildman–Crippen MR) is 83.5 cm³/mol. The van der Waals surface area contributed by atoms with Gasteiger partial charge in [-0.3, -0.25) is 20.2 Å². The van der Waals surface area contributed by atoms with Gasteiger partial charge in [-0.2, -0.15) is 0 Å². The van der Waals surface area contributed by atoms with E-state index in [1.807, 2.05) is 0 Å². The molecule has 24 heavy (non-hydrogen) atoms. The van der Waals surface area contributed by atoms with E-state index in [0.29, 0.717) is 0 Å². The minimum absolute atomic E-state index is 0.0657. The van der Waals surface area contributed by atoms with Gasteiger partial charge in [0.15, 0.2) is 0 Å². The molecule has 0 aliphatic carbocycles. The summed E-state index contributed by atoms with van der Waals surface area (Å²) >= 11 is 0. The van der Waals surface area contributed by atoms with Crippen LogP contribution in [0.5, 0.6) is 0 Å². The lowest BCUT2D eigenvalue weighted by Crippen LogP contribution is -2.14. The topological polar surface area (TPSA) is 111 Å². The van der Waals surface area contributed by atoms with Crippen LogP contribution in [-0.2, 0) is 4.74 Å². The average Bonchev–Trinajstić information content (AvgIpc) is 2.57. The number of nitrogens with zero attached hydrogens (tertiary/aromatic N) is 1. The Bertz CT molecular complexity index is 809. The molecule has 2 rings (SSSR count). The van der Waals surface area contributed by atoms with Gasteiger partial charge < -0.3 is 10.1 Å². The summed E-state index contributed by atoms with van der Waals surface area (Å²) in [6.07, 6.45) is -0.865. The van der Waals surface area contributed by atoms with Gasteiger partial charge in [0, 0.05) is 23.4 Å². The summed E-state index contributed by atoms with van der Waals surface area (Å²) in [5.41, 5.74) is -0.149. The maximum Gasteiger partial charge on any atom is 0.411 e. The van der Waals surface area contributed by atoms with Crippen LogP contribution in [-0.4, -0.2) is 24.0 Å². The van der Waals surface area contributed by atoms with E-state index in [0.717, 1.165) is 19.2 Å². The van der Waals surface area contributed by atoms with Gasteiger partial charge in [0.1, 0.15) is 5.82 Å². The molecule has 0 saturated carbocycles. The van der Waals surface area contributed by atoms with Crippen molar-refractivity contribution in [3.63, 3.8) is 0 Å². The summed E-state index contributed by atoms with van der Waals surface area (Å²) in [7, 11) is 1.13. The van der Waals surface area contributed by atoms with E-state index < -0.39 is 22.7 Å². The van der Waals surface area contributed by atoms with Crippen molar-refractivity contribution < 1.29 is 23.6 Å². The number of amides is 2. The predicted octanol–water partition coefficient (Wildman–Crippen LogP) is 3.16. The highest BCUT2D eigenvalue weighted by atomic mass is 19.1. The number of carbonyl (C=O) groups excluding carboxylic acids is 2. The van der Waals surface area contributed by atoms with Gasteiger partial charge in [-0.15, -0.1) is 0 Å². The number of hydrogen-bond acceptors (Lipinski definition) is 5. The maximum atomic E-state index is 13.6. The fraction of sp³-hybridized carbons (Fsp3) is 0.0667. The Morgan fingerprint density at radius 2 is 1.92 bits per heavy atom. The zero-order valence-electron chi connectivity index (χ0n) is 12.4. The van der Waals surface area contributed by atoms with Crippen molar-refractivity contribution in [3.05, 3.63) is 64.0 Å². The Balaban J connectivity index is 2.20. The minimum Gasteiger partial charge on any atom is -0.453 e. The van der Waals surface area contributed by atoms with Crippen molar-refractivity contribution in [2.24, 2.45) is 0 Å². The highest BCUT2D eigenvalue weighted by Gasteiger charge is 2.13. The number of non-ortho nitro benzene ring substituents is 1. The van der Waals surface area contributed by atoms with Crippen molar-refractivity contribution in [3.8, 4) is 0 Å². The molecule has 0 spiro atoms. The number of anilines is 2. The summed E-state index contributed by atoms with van der Waals surface area (Å²) < 4.78 is 18.0. The molecule has 124 valence electrons. The molecule has 0 radical (unpaired) electrons. The highest BCUT2D eigenvalue weighted by Crippen LogP contribution is 2.21. The van der Waals surface area contributed by atoms with Crippen LogP contribution in [0.4, 0.5) is 26.2 Å². The molecule has 0 unspecified atom stereocenters. The SMILES string of the molecule is COC(=O)Nc1cc(NC(=O)c2cccc([N+](=O)[O-])c2)ccc1F. The number of hydrogen-bond donors (Lipinski definition) is 2. The fourth-order valence-corrected chi connectivity index (χ4v) is 1.82. The van der Waals surface area contributed by atoms with Crippen molar-refractivity contribution in [1.82, 2.24) is 0 Å². The zero-order valence-corrected chi connectivity index (χ0v) is 12.4. The number of rotatable bonds is 4. The third-order valence-corrected chi connectivity index (χ3v) is 2.97. The monoisotopic (exact) mass is 333 g/mol. The average molecular weight is 333 g/mol. The van der Waals surface area contributed by atoms with Crippen molar-refractivity contribution in [1.29, 1.82) is 0 Å². The smallest absolute Gasteiger partial charge is 0.411 e. The molecule has 0 bridgehead atoms. The molecule has 9 heteroatoms. The van der Waals surface area contributed by atoms with E-state index >= 15 is 0 Å². The zero-order chi connectivity index (χ0) is 17.7. The second kappa shape index (κ2) is 7.18. The molecule has 8 nitrogen and oxygen atoms in total. The molecular formula is C15H12FN3O5. The lowest BCUT2D eigenvalue weighted by atomic mass is 10.2. The molecule has 2 aromatic rings. The normalized spacial score (nSPS) is 9.92. The number of halogens is 1. The van der Waals surface area contributed by atoms with Crippen LogP contribution in [0.1, 0.15) is 10.4 Å². The van der Waals surface area contributed by atoms with E-state index in [-0.39, 0.29) is 22.6 Å². The molecule has 0 saturated heterocycles. The standard InChI is InChI=1S/C15H12FN3O5/c1-24-15(21)18-13-8-10(5-6-12(13)16)17-14(20)9-3-2-4-11(7-9)19(22)23/h2-8H,1H3,(H,17,20)(H,18,21).